The van der Waals surface area contributed by atoms with Crippen molar-refractivity contribution in [3.05, 3.63) is 11.9 Å². The van der Waals surface area contributed by atoms with Crippen LogP contribution in [0.3, 0.4) is 0 Å². The van der Waals surface area contributed by atoms with Gasteiger partial charge in [0.1, 0.15) is 4.90 Å². The highest BCUT2D eigenvalue weighted by Crippen LogP contribution is 2.36. The fourth-order valence-electron chi connectivity index (χ4n) is 3.17. The van der Waals surface area contributed by atoms with Crippen molar-refractivity contribution in [3.8, 4) is 0 Å². The van der Waals surface area contributed by atoms with E-state index >= 15 is 0 Å². The van der Waals surface area contributed by atoms with Crippen molar-refractivity contribution in [1.82, 2.24) is 19.8 Å². The van der Waals surface area contributed by atoms with Gasteiger partial charge in [-0.1, -0.05) is 0 Å². The summed E-state index contributed by atoms with van der Waals surface area (Å²) in [5.41, 5.74) is 0.609. The summed E-state index contributed by atoms with van der Waals surface area (Å²) in [7, 11) is -3.41. The first-order chi connectivity index (χ1) is 8.51. The number of hydrogen-bond acceptors (Lipinski definition) is 4. The number of nitrogens with zero attached hydrogens (tertiary/aromatic N) is 2. The standard InChI is InChI=1S/C11H18N4O2S/c1-7-11(5-13-14-7)18(16,17)15-6-9-3-12-4-10(9)8(15)2/h5,8-10,12H,3-4,6H2,1-2H3,(H,13,14). The molecule has 3 atom stereocenters. The van der Waals surface area contributed by atoms with E-state index in [2.05, 4.69) is 15.5 Å². The monoisotopic (exact) mass is 270 g/mol. The summed E-state index contributed by atoms with van der Waals surface area (Å²) in [5.74, 6) is 0.883. The quantitative estimate of drug-likeness (QED) is 0.789. The van der Waals surface area contributed by atoms with Gasteiger partial charge in [-0.05, 0) is 38.8 Å². The number of aromatic nitrogens is 2. The number of rotatable bonds is 2. The van der Waals surface area contributed by atoms with Gasteiger partial charge in [0.2, 0.25) is 10.0 Å². The Kier molecular flexibility index (Phi) is 2.72. The minimum atomic E-state index is -3.41. The molecule has 0 radical (unpaired) electrons. The third-order valence-corrected chi connectivity index (χ3v) is 6.32. The second-order valence-electron chi connectivity index (χ2n) is 5.26. The predicted octanol–water partition coefficient (Wildman–Crippen LogP) is -0.0535. The van der Waals surface area contributed by atoms with Gasteiger partial charge in [0, 0.05) is 12.6 Å². The van der Waals surface area contributed by atoms with Gasteiger partial charge >= 0.3 is 0 Å². The molecule has 3 unspecified atom stereocenters. The lowest BCUT2D eigenvalue weighted by atomic mass is 9.95. The van der Waals surface area contributed by atoms with Crippen LogP contribution in [0.5, 0.6) is 0 Å². The van der Waals surface area contributed by atoms with Crippen LogP contribution in [0.25, 0.3) is 0 Å². The zero-order chi connectivity index (χ0) is 12.9. The molecule has 100 valence electrons. The highest BCUT2D eigenvalue weighted by Gasteiger charge is 2.47. The van der Waals surface area contributed by atoms with E-state index in [1.807, 2.05) is 6.92 Å². The minimum absolute atomic E-state index is 0.0595. The van der Waals surface area contributed by atoms with Crippen LogP contribution in [0.2, 0.25) is 0 Å². The maximum atomic E-state index is 12.6. The molecule has 2 aliphatic heterocycles. The number of H-pyrrole nitrogens is 1. The first-order valence-corrected chi connectivity index (χ1v) is 7.68. The van der Waals surface area contributed by atoms with Gasteiger partial charge in [0.05, 0.1) is 11.9 Å². The molecule has 2 N–H and O–H groups in total. The Balaban J connectivity index is 1.94. The summed E-state index contributed by atoms with van der Waals surface area (Å²) in [6, 6.07) is 0.0595. The summed E-state index contributed by atoms with van der Waals surface area (Å²) in [4.78, 5) is 0.308. The van der Waals surface area contributed by atoms with Crippen molar-refractivity contribution in [3.63, 3.8) is 0 Å². The molecule has 1 aromatic heterocycles. The van der Waals surface area contributed by atoms with E-state index in [0.29, 0.717) is 29.0 Å². The Bertz CT molecular complexity index is 553. The fraction of sp³-hybridized carbons (Fsp3) is 0.727. The Morgan fingerprint density at radius 1 is 1.44 bits per heavy atom. The average molecular weight is 270 g/mol. The topological polar surface area (TPSA) is 78.1 Å². The number of fused-ring (bicyclic) bond motifs is 1. The summed E-state index contributed by atoms with van der Waals surface area (Å²) in [6.45, 7) is 6.20. The van der Waals surface area contributed by atoms with Crippen molar-refractivity contribution in [2.45, 2.75) is 24.8 Å². The van der Waals surface area contributed by atoms with E-state index in [0.717, 1.165) is 13.1 Å². The third kappa shape index (κ3) is 1.61. The van der Waals surface area contributed by atoms with E-state index in [1.54, 1.807) is 11.2 Å². The van der Waals surface area contributed by atoms with Crippen molar-refractivity contribution in [2.24, 2.45) is 11.8 Å². The molecule has 18 heavy (non-hydrogen) atoms. The average Bonchev–Trinajstić information content (AvgIpc) is 2.96. The molecule has 0 aromatic carbocycles. The molecule has 7 heteroatoms. The molecular formula is C11H18N4O2S. The Hall–Kier alpha value is -0.920. The second kappa shape index (κ2) is 4.04. The van der Waals surface area contributed by atoms with E-state index in [9.17, 15) is 8.42 Å². The van der Waals surface area contributed by atoms with Crippen LogP contribution in [0, 0.1) is 18.8 Å². The summed E-state index contributed by atoms with van der Waals surface area (Å²) < 4.78 is 26.8. The van der Waals surface area contributed by atoms with Crippen molar-refractivity contribution < 1.29 is 8.42 Å². The smallest absolute Gasteiger partial charge is 0.246 e. The molecule has 0 saturated carbocycles. The Morgan fingerprint density at radius 3 is 2.83 bits per heavy atom. The maximum absolute atomic E-state index is 12.6. The number of aryl methyl sites for hydroxylation is 1. The highest BCUT2D eigenvalue weighted by atomic mass is 32.2. The lowest BCUT2D eigenvalue weighted by molar-refractivity contribution is 0.360. The lowest BCUT2D eigenvalue weighted by Gasteiger charge is -2.23. The predicted molar refractivity (Wildman–Crippen MR) is 66.5 cm³/mol. The van der Waals surface area contributed by atoms with E-state index in [-0.39, 0.29) is 6.04 Å². The summed E-state index contributed by atoms with van der Waals surface area (Å²) >= 11 is 0. The van der Waals surface area contributed by atoms with Crippen LogP contribution in [-0.4, -0.2) is 48.6 Å². The van der Waals surface area contributed by atoms with Crippen LogP contribution in [0.1, 0.15) is 12.6 Å². The van der Waals surface area contributed by atoms with Crippen molar-refractivity contribution in [1.29, 1.82) is 0 Å². The van der Waals surface area contributed by atoms with Crippen LogP contribution in [-0.2, 0) is 10.0 Å². The van der Waals surface area contributed by atoms with E-state index < -0.39 is 10.0 Å². The molecule has 0 spiro atoms. The molecule has 2 saturated heterocycles. The van der Waals surface area contributed by atoms with E-state index in [1.165, 1.54) is 6.20 Å². The molecule has 2 aliphatic rings. The molecule has 6 nitrogen and oxygen atoms in total. The van der Waals surface area contributed by atoms with Crippen LogP contribution < -0.4 is 5.32 Å². The van der Waals surface area contributed by atoms with Crippen molar-refractivity contribution in [2.75, 3.05) is 19.6 Å². The minimum Gasteiger partial charge on any atom is -0.316 e. The van der Waals surface area contributed by atoms with E-state index in [4.69, 9.17) is 0 Å². The molecule has 2 fully saturated rings. The third-order valence-electron chi connectivity index (χ3n) is 4.25. The van der Waals surface area contributed by atoms with Crippen LogP contribution in [0.15, 0.2) is 11.1 Å². The molecule has 0 bridgehead atoms. The van der Waals surface area contributed by atoms with Gasteiger partial charge in [0.25, 0.3) is 0 Å². The van der Waals surface area contributed by atoms with Gasteiger partial charge in [-0.2, -0.15) is 9.40 Å². The van der Waals surface area contributed by atoms with Crippen molar-refractivity contribution >= 4 is 10.0 Å². The molecule has 0 amide bonds. The first kappa shape index (κ1) is 12.1. The normalized spacial score (nSPS) is 32.9. The SMILES string of the molecule is Cc1[nH]ncc1S(=O)(=O)N1CC2CNCC2C1C. The zero-order valence-corrected chi connectivity index (χ0v) is 11.4. The van der Waals surface area contributed by atoms with Crippen LogP contribution in [0.4, 0.5) is 0 Å². The highest BCUT2D eigenvalue weighted by molar-refractivity contribution is 7.89. The number of hydrogen-bond donors (Lipinski definition) is 2. The maximum Gasteiger partial charge on any atom is 0.246 e. The Labute approximate surface area is 107 Å². The summed E-state index contributed by atoms with van der Waals surface area (Å²) in [6.07, 6.45) is 1.41. The van der Waals surface area contributed by atoms with Crippen LogP contribution >= 0.6 is 0 Å². The largest absolute Gasteiger partial charge is 0.316 e. The lowest BCUT2D eigenvalue weighted by Crippen LogP contribution is -2.38. The molecule has 3 rings (SSSR count). The van der Waals surface area contributed by atoms with Gasteiger partial charge in [-0.15, -0.1) is 0 Å². The van der Waals surface area contributed by atoms with Gasteiger partial charge in [0.15, 0.2) is 0 Å². The number of nitrogens with one attached hydrogen (secondary N) is 2. The van der Waals surface area contributed by atoms with Gasteiger partial charge in [-0.25, -0.2) is 8.42 Å². The number of aromatic amines is 1. The fourth-order valence-corrected chi connectivity index (χ4v) is 5.02. The molecule has 3 heterocycles. The molecule has 1 aromatic rings. The second-order valence-corrected chi connectivity index (χ2v) is 7.12. The van der Waals surface area contributed by atoms with Gasteiger partial charge in [-0.3, -0.25) is 5.10 Å². The molecule has 0 aliphatic carbocycles. The molecular weight excluding hydrogens is 252 g/mol. The summed E-state index contributed by atoms with van der Waals surface area (Å²) in [5, 5.41) is 9.84. The first-order valence-electron chi connectivity index (χ1n) is 6.24. The van der Waals surface area contributed by atoms with Gasteiger partial charge < -0.3 is 5.32 Å². The number of sulfonamides is 1. The Morgan fingerprint density at radius 2 is 2.22 bits per heavy atom. The zero-order valence-electron chi connectivity index (χ0n) is 10.5.